The monoisotopic (exact) mass is 414 g/mol. The van der Waals surface area contributed by atoms with Crippen molar-refractivity contribution in [1.29, 1.82) is 0 Å². The van der Waals surface area contributed by atoms with Crippen LogP contribution in [-0.4, -0.2) is 27.5 Å². The minimum atomic E-state index is -3.64. The van der Waals surface area contributed by atoms with E-state index in [4.69, 9.17) is 9.15 Å². The maximum atomic E-state index is 12.6. The fourth-order valence-corrected chi connectivity index (χ4v) is 4.47. The Kier molecular flexibility index (Phi) is 5.06. The molecular formula is C21H22N2O5S. The zero-order valence-electron chi connectivity index (χ0n) is 16.2. The molecule has 1 aromatic heterocycles. The molecular weight excluding hydrogens is 392 g/mol. The number of hydrogen-bond acceptors (Lipinski definition) is 5. The third-order valence-electron chi connectivity index (χ3n) is 4.82. The Hall–Kier alpha value is -2.84. The van der Waals surface area contributed by atoms with Gasteiger partial charge in [0.25, 0.3) is 0 Å². The maximum Gasteiger partial charge on any atom is 0.240 e. The molecule has 29 heavy (non-hydrogen) atoms. The van der Waals surface area contributed by atoms with Gasteiger partial charge in [-0.1, -0.05) is 12.1 Å². The van der Waals surface area contributed by atoms with Gasteiger partial charge in [-0.15, -0.1) is 0 Å². The van der Waals surface area contributed by atoms with Gasteiger partial charge >= 0.3 is 0 Å². The second kappa shape index (κ2) is 7.53. The van der Waals surface area contributed by atoms with Gasteiger partial charge in [-0.3, -0.25) is 4.79 Å². The van der Waals surface area contributed by atoms with Gasteiger partial charge < -0.3 is 14.5 Å². The second-order valence-corrected chi connectivity index (χ2v) is 8.96. The molecule has 152 valence electrons. The molecule has 0 aliphatic heterocycles. The SMILES string of the molecule is COc1ccc(S(=O)(=O)NC2CC2)cc1NC(=O)Cc1coc2cc(C)ccc12. The molecule has 0 bridgehead atoms. The van der Waals surface area contributed by atoms with E-state index in [-0.39, 0.29) is 23.3 Å². The van der Waals surface area contributed by atoms with Crippen LogP contribution in [-0.2, 0) is 21.2 Å². The molecule has 0 unspecified atom stereocenters. The van der Waals surface area contributed by atoms with Crippen molar-refractivity contribution >= 4 is 32.6 Å². The minimum absolute atomic E-state index is 0.00171. The van der Waals surface area contributed by atoms with Crippen molar-refractivity contribution in [2.45, 2.75) is 37.1 Å². The van der Waals surface area contributed by atoms with Crippen molar-refractivity contribution in [2.24, 2.45) is 0 Å². The summed E-state index contributed by atoms with van der Waals surface area (Å²) < 4.78 is 38.4. The Balaban J connectivity index is 1.55. The molecule has 8 heteroatoms. The first kappa shape index (κ1) is 19.5. The van der Waals surface area contributed by atoms with Gasteiger partial charge in [-0.05, 0) is 49.6 Å². The van der Waals surface area contributed by atoms with Crippen LogP contribution in [0.5, 0.6) is 5.75 Å². The lowest BCUT2D eigenvalue weighted by Gasteiger charge is -2.13. The largest absolute Gasteiger partial charge is 0.495 e. The lowest BCUT2D eigenvalue weighted by Crippen LogP contribution is -2.26. The van der Waals surface area contributed by atoms with E-state index in [0.717, 1.165) is 34.9 Å². The van der Waals surface area contributed by atoms with Crippen molar-refractivity contribution in [3.05, 3.63) is 53.8 Å². The fourth-order valence-electron chi connectivity index (χ4n) is 3.14. The molecule has 2 N–H and O–H groups in total. The zero-order chi connectivity index (χ0) is 20.6. The average molecular weight is 414 g/mol. The Morgan fingerprint density at radius 2 is 2.00 bits per heavy atom. The molecule has 2 aromatic carbocycles. The number of ether oxygens (including phenoxy) is 1. The number of furan rings is 1. The third-order valence-corrected chi connectivity index (χ3v) is 6.33. The number of anilines is 1. The number of sulfonamides is 1. The molecule has 0 atom stereocenters. The van der Waals surface area contributed by atoms with Crippen molar-refractivity contribution < 1.29 is 22.4 Å². The summed E-state index contributed by atoms with van der Waals surface area (Å²) in [5, 5.41) is 3.64. The number of amides is 1. The normalized spacial score (nSPS) is 14.1. The van der Waals surface area contributed by atoms with Gasteiger partial charge in [0.15, 0.2) is 0 Å². The van der Waals surface area contributed by atoms with Gasteiger partial charge in [-0.2, -0.15) is 0 Å². The van der Waals surface area contributed by atoms with E-state index in [1.165, 1.54) is 25.3 Å². The highest BCUT2D eigenvalue weighted by Gasteiger charge is 2.28. The number of aryl methyl sites for hydroxylation is 1. The first-order valence-corrected chi connectivity index (χ1v) is 10.8. The maximum absolute atomic E-state index is 12.6. The van der Waals surface area contributed by atoms with Crippen LogP contribution in [0, 0.1) is 6.92 Å². The van der Waals surface area contributed by atoms with Crippen LogP contribution >= 0.6 is 0 Å². The molecule has 4 rings (SSSR count). The van der Waals surface area contributed by atoms with Gasteiger partial charge in [0.1, 0.15) is 11.3 Å². The van der Waals surface area contributed by atoms with Crippen molar-refractivity contribution in [3.8, 4) is 5.75 Å². The summed E-state index contributed by atoms with van der Waals surface area (Å²) in [6.07, 6.45) is 3.35. The van der Waals surface area contributed by atoms with Crippen LogP contribution in [0.4, 0.5) is 5.69 Å². The number of benzene rings is 2. The van der Waals surface area contributed by atoms with Crippen LogP contribution in [0.2, 0.25) is 0 Å². The number of nitrogens with one attached hydrogen (secondary N) is 2. The minimum Gasteiger partial charge on any atom is -0.495 e. The second-order valence-electron chi connectivity index (χ2n) is 7.24. The van der Waals surface area contributed by atoms with Gasteiger partial charge in [0.05, 0.1) is 30.4 Å². The zero-order valence-corrected chi connectivity index (χ0v) is 17.0. The molecule has 7 nitrogen and oxygen atoms in total. The highest BCUT2D eigenvalue weighted by molar-refractivity contribution is 7.89. The van der Waals surface area contributed by atoms with Crippen LogP contribution in [0.1, 0.15) is 24.0 Å². The van der Waals surface area contributed by atoms with Gasteiger partial charge in [0, 0.05) is 17.0 Å². The highest BCUT2D eigenvalue weighted by Crippen LogP contribution is 2.30. The van der Waals surface area contributed by atoms with E-state index >= 15 is 0 Å². The Bertz CT molecular complexity index is 1180. The number of rotatable bonds is 7. The molecule has 0 saturated heterocycles. The van der Waals surface area contributed by atoms with Crippen molar-refractivity contribution in [2.75, 3.05) is 12.4 Å². The van der Waals surface area contributed by atoms with E-state index in [0.29, 0.717) is 11.4 Å². The first-order valence-electron chi connectivity index (χ1n) is 9.32. The average Bonchev–Trinajstić information content (AvgIpc) is 3.40. The molecule has 1 aliphatic carbocycles. The Labute approximate surface area is 169 Å². The Morgan fingerprint density at radius 1 is 1.21 bits per heavy atom. The molecule has 3 aromatic rings. The topological polar surface area (TPSA) is 97.6 Å². The van der Waals surface area contributed by atoms with E-state index in [1.54, 1.807) is 6.26 Å². The van der Waals surface area contributed by atoms with Gasteiger partial charge in [-0.25, -0.2) is 13.1 Å². The molecule has 1 saturated carbocycles. The van der Waals surface area contributed by atoms with Crippen LogP contribution in [0.3, 0.4) is 0 Å². The summed E-state index contributed by atoms with van der Waals surface area (Å²) in [4.78, 5) is 12.7. The van der Waals surface area contributed by atoms with Crippen LogP contribution in [0.25, 0.3) is 11.0 Å². The predicted molar refractivity (Wildman–Crippen MR) is 110 cm³/mol. The summed E-state index contributed by atoms with van der Waals surface area (Å²) in [6.45, 7) is 1.97. The lowest BCUT2D eigenvalue weighted by atomic mass is 10.1. The predicted octanol–water partition coefficient (Wildman–Crippen LogP) is 3.37. The number of fused-ring (bicyclic) bond motifs is 1. The quantitative estimate of drug-likeness (QED) is 0.618. The summed E-state index contributed by atoms with van der Waals surface area (Å²) in [7, 11) is -2.17. The Morgan fingerprint density at radius 3 is 2.72 bits per heavy atom. The third kappa shape index (κ3) is 4.28. The van der Waals surface area contributed by atoms with Crippen LogP contribution in [0.15, 0.2) is 52.0 Å². The standard InChI is InChI=1S/C21H22N2O5S/c1-13-3-7-17-14(12-28-20(17)9-13)10-21(24)22-18-11-16(6-8-19(18)27-2)29(25,26)23-15-4-5-15/h3,6-9,11-12,15,23H,4-5,10H2,1-2H3,(H,22,24). The van der Waals surface area contributed by atoms with E-state index < -0.39 is 10.0 Å². The number of carbonyl (C=O) groups excluding carboxylic acids is 1. The molecule has 1 amide bonds. The summed E-state index contributed by atoms with van der Waals surface area (Å²) >= 11 is 0. The highest BCUT2D eigenvalue weighted by atomic mass is 32.2. The van der Waals surface area contributed by atoms with Crippen molar-refractivity contribution in [3.63, 3.8) is 0 Å². The molecule has 0 radical (unpaired) electrons. The first-order chi connectivity index (χ1) is 13.9. The lowest BCUT2D eigenvalue weighted by molar-refractivity contribution is -0.115. The van der Waals surface area contributed by atoms with E-state index in [2.05, 4.69) is 10.0 Å². The molecule has 1 heterocycles. The molecule has 1 aliphatic rings. The molecule has 0 spiro atoms. The smallest absolute Gasteiger partial charge is 0.240 e. The number of carbonyl (C=O) groups is 1. The van der Waals surface area contributed by atoms with E-state index in [1.807, 2.05) is 25.1 Å². The van der Waals surface area contributed by atoms with Gasteiger partial charge in [0.2, 0.25) is 15.9 Å². The van der Waals surface area contributed by atoms with Crippen molar-refractivity contribution in [1.82, 2.24) is 4.72 Å². The summed E-state index contributed by atoms with van der Waals surface area (Å²) in [5.74, 6) is 0.0904. The fraction of sp³-hybridized carbons (Fsp3) is 0.286. The van der Waals surface area contributed by atoms with E-state index in [9.17, 15) is 13.2 Å². The summed E-state index contributed by atoms with van der Waals surface area (Å²) in [5.41, 5.74) is 2.87. The van der Waals surface area contributed by atoms with Crippen LogP contribution < -0.4 is 14.8 Å². The number of hydrogen-bond donors (Lipinski definition) is 2. The molecule has 1 fully saturated rings. The number of methoxy groups -OCH3 is 1. The summed E-state index contributed by atoms with van der Waals surface area (Å²) in [6, 6.07) is 10.2.